The lowest BCUT2D eigenvalue weighted by atomic mass is 9.93. The van der Waals surface area contributed by atoms with Crippen molar-refractivity contribution in [2.75, 3.05) is 25.0 Å². The zero-order valence-corrected chi connectivity index (χ0v) is 32.0. The van der Waals surface area contributed by atoms with Crippen molar-refractivity contribution in [3.05, 3.63) is 53.4 Å². The quantitative estimate of drug-likeness (QED) is 0.144. The van der Waals surface area contributed by atoms with Crippen molar-refractivity contribution in [1.29, 1.82) is 0 Å². The van der Waals surface area contributed by atoms with Crippen molar-refractivity contribution in [2.45, 2.75) is 102 Å². The Labute approximate surface area is 310 Å². The first kappa shape index (κ1) is 36.4. The Morgan fingerprint density at radius 1 is 1.04 bits per heavy atom. The van der Waals surface area contributed by atoms with Crippen LogP contribution in [0.4, 0.5) is 10.6 Å². The van der Waals surface area contributed by atoms with Crippen LogP contribution in [-0.2, 0) is 14.8 Å². The maximum atomic E-state index is 13.0. The minimum Gasteiger partial charge on any atom is -0.476 e. The Kier molecular flexibility index (Phi) is 9.24. The smallest absolute Gasteiger partial charge is 0.410 e. The summed E-state index contributed by atoms with van der Waals surface area (Å²) in [6.45, 7) is 11.8. The van der Waals surface area contributed by atoms with Crippen LogP contribution in [0, 0.1) is 22.7 Å². The van der Waals surface area contributed by atoms with E-state index in [-0.39, 0.29) is 27.2 Å². The number of aromatic nitrogens is 4. The standard InChI is InChI=1S/C37H48ClN7O6S/c1-34(2,3)51-33(47)44-22-24(20-35(44,4)5)8-6-7-18-39-28-11-9-25(21-40-28)52(48,49)43-32(46)26-10-12-29(41-31(26)38)45-19-13-30(42-45)50-23-27-36(14-15-36)37(27)16-17-37/h9-13,19,21,24,27H,6-8,14-18,20,22-23H2,1-5H3,(H,39,40)(H,43,46)/t24-/m0/s1. The molecule has 0 radical (unpaired) electrons. The van der Waals surface area contributed by atoms with Crippen LogP contribution in [-0.4, -0.2) is 75.9 Å². The number of nitrogens with one attached hydrogen (secondary N) is 2. The second-order valence-electron chi connectivity index (χ2n) is 16.5. The molecule has 3 aliphatic carbocycles. The van der Waals surface area contributed by atoms with Gasteiger partial charge in [-0.05, 0) is 121 Å². The van der Waals surface area contributed by atoms with Crippen LogP contribution < -0.4 is 14.8 Å². The van der Waals surface area contributed by atoms with Gasteiger partial charge in [-0.2, -0.15) is 0 Å². The summed E-state index contributed by atoms with van der Waals surface area (Å²) in [4.78, 5) is 35.9. The summed E-state index contributed by atoms with van der Waals surface area (Å²) in [5.74, 6) is 1.50. The minimum atomic E-state index is -4.23. The number of nitrogens with zero attached hydrogens (tertiary/aromatic N) is 5. The van der Waals surface area contributed by atoms with Gasteiger partial charge in [0.1, 0.15) is 21.5 Å². The zero-order chi connectivity index (χ0) is 37.1. The molecule has 3 aromatic rings. The molecule has 13 nitrogen and oxygen atoms in total. The number of hydrogen-bond donors (Lipinski definition) is 2. The molecule has 0 aromatic carbocycles. The monoisotopic (exact) mass is 753 g/mol. The van der Waals surface area contributed by atoms with E-state index in [1.54, 1.807) is 24.4 Å². The number of hydrogen-bond acceptors (Lipinski definition) is 10. The van der Waals surface area contributed by atoms with Gasteiger partial charge in [0.15, 0.2) is 5.82 Å². The average Bonchev–Trinajstić information content (AvgIpc) is 4.02. The van der Waals surface area contributed by atoms with E-state index in [9.17, 15) is 18.0 Å². The topological polar surface area (TPSA) is 158 Å². The fourth-order valence-electron chi connectivity index (χ4n) is 8.40. The van der Waals surface area contributed by atoms with Gasteiger partial charge < -0.3 is 19.7 Å². The highest BCUT2D eigenvalue weighted by Gasteiger charge is 2.86. The molecule has 1 atom stereocenters. The Hall–Kier alpha value is -3.91. The van der Waals surface area contributed by atoms with Crippen LogP contribution >= 0.6 is 11.6 Å². The van der Waals surface area contributed by atoms with Crippen LogP contribution in [0.5, 0.6) is 5.88 Å². The highest BCUT2D eigenvalue weighted by molar-refractivity contribution is 7.90. The van der Waals surface area contributed by atoms with Crippen LogP contribution in [0.2, 0.25) is 5.15 Å². The predicted molar refractivity (Wildman–Crippen MR) is 195 cm³/mol. The number of amides is 2. The SMILES string of the molecule is CC(C)(C)OC(=O)N1C[C@@H](CCCCNc2ccc(S(=O)(=O)NC(=O)c3ccc(-n4ccc(OCC5C6(CC6)C56CC6)n4)nc3Cl)cn2)CC1(C)C. The fraction of sp³-hybridized carbons (Fsp3) is 0.595. The summed E-state index contributed by atoms with van der Waals surface area (Å²) >= 11 is 6.34. The normalized spacial score (nSPS) is 20.9. The van der Waals surface area contributed by atoms with Gasteiger partial charge in [0.2, 0.25) is 5.88 Å². The Morgan fingerprint density at radius 3 is 2.40 bits per heavy atom. The second kappa shape index (κ2) is 13.2. The van der Waals surface area contributed by atoms with Crippen molar-refractivity contribution in [1.82, 2.24) is 29.4 Å². The molecule has 4 aliphatic rings. The van der Waals surface area contributed by atoms with Crippen molar-refractivity contribution in [3.8, 4) is 11.7 Å². The van der Waals surface area contributed by atoms with Crippen LogP contribution in [0.1, 0.15) is 96.3 Å². The van der Waals surface area contributed by atoms with E-state index in [1.807, 2.05) is 25.7 Å². The number of likely N-dealkylation sites (tertiary alicyclic amines) is 1. The molecule has 2 spiro atoms. The predicted octanol–water partition coefficient (Wildman–Crippen LogP) is 6.62. The third-order valence-electron chi connectivity index (χ3n) is 11.3. The van der Waals surface area contributed by atoms with Crippen LogP contribution in [0.15, 0.2) is 47.6 Å². The van der Waals surface area contributed by atoms with Gasteiger partial charge >= 0.3 is 6.09 Å². The summed E-state index contributed by atoms with van der Waals surface area (Å²) in [7, 11) is -4.23. The highest BCUT2D eigenvalue weighted by Crippen LogP contribution is 2.92. The third-order valence-corrected chi connectivity index (χ3v) is 12.9. The molecule has 2 amide bonds. The van der Waals surface area contributed by atoms with Gasteiger partial charge in [-0.25, -0.2) is 32.6 Å². The Bertz CT molecular complexity index is 1930. The molecule has 1 aliphatic heterocycles. The molecule has 1 saturated heterocycles. The molecule has 15 heteroatoms. The average molecular weight is 754 g/mol. The molecule has 52 heavy (non-hydrogen) atoms. The first-order valence-corrected chi connectivity index (χ1v) is 20.0. The van der Waals surface area contributed by atoms with Crippen molar-refractivity contribution < 1.29 is 27.5 Å². The fourth-order valence-corrected chi connectivity index (χ4v) is 9.54. The number of halogens is 1. The third kappa shape index (κ3) is 7.33. The summed E-state index contributed by atoms with van der Waals surface area (Å²) in [5, 5.41) is 7.51. The maximum absolute atomic E-state index is 13.0. The number of carbonyl (C=O) groups excluding carboxylic acids is 2. The van der Waals surface area contributed by atoms with Gasteiger partial charge in [-0.3, -0.25) is 4.79 Å². The lowest BCUT2D eigenvalue weighted by molar-refractivity contribution is 0.0130. The highest BCUT2D eigenvalue weighted by atomic mass is 35.5. The van der Waals surface area contributed by atoms with Crippen molar-refractivity contribution in [3.63, 3.8) is 0 Å². The van der Waals surface area contributed by atoms with Gasteiger partial charge in [0.05, 0.1) is 12.2 Å². The van der Waals surface area contributed by atoms with E-state index in [4.69, 9.17) is 21.1 Å². The molecule has 7 rings (SSSR count). The lowest BCUT2D eigenvalue weighted by Gasteiger charge is -2.33. The Morgan fingerprint density at radius 2 is 1.77 bits per heavy atom. The molecule has 3 aromatic heterocycles. The van der Waals surface area contributed by atoms with Crippen molar-refractivity contribution in [2.24, 2.45) is 22.7 Å². The van der Waals surface area contributed by atoms with E-state index in [0.717, 1.165) is 25.7 Å². The largest absolute Gasteiger partial charge is 0.476 e. The van der Waals surface area contributed by atoms with E-state index < -0.39 is 21.5 Å². The first-order chi connectivity index (χ1) is 24.5. The number of carbonyl (C=O) groups is 2. The second-order valence-corrected chi connectivity index (χ2v) is 18.5. The molecule has 3 saturated carbocycles. The van der Waals surface area contributed by atoms with E-state index in [0.29, 0.717) is 59.9 Å². The summed E-state index contributed by atoms with van der Waals surface area (Å²) in [6.07, 6.45) is 11.7. The molecular weight excluding hydrogens is 706 g/mol. The maximum Gasteiger partial charge on any atom is 0.410 e. The van der Waals surface area contributed by atoms with Gasteiger partial charge in [0, 0.05) is 43.0 Å². The molecule has 280 valence electrons. The number of pyridine rings is 2. The van der Waals surface area contributed by atoms with Gasteiger partial charge in [0.25, 0.3) is 15.9 Å². The summed E-state index contributed by atoms with van der Waals surface area (Å²) < 4.78 is 41.2. The number of rotatable bonds is 13. The first-order valence-electron chi connectivity index (χ1n) is 18.2. The number of sulfonamides is 1. The molecule has 2 N–H and O–H groups in total. The van der Waals surface area contributed by atoms with E-state index >= 15 is 0 Å². The van der Waals surface area contributed by atoms with Crippen LogP contribution in [0.3, 0.4) is 0 Å². The summed E-state index contributed by atoms with van der Waals surface area (Å²) in [6, 6.07) is 7.65. The number of fused-ring (bicyclic) bond motifs is 1. The molecule has 4 heterocycles. The van der Waals surface area contributed by atoms with Crippen molar-refractivity contribution >= 4 is 39.4 Å². The molecular formula is C37H48ClN7O6S. The van der Waals surface area contributed by atoms with Gasteiger partial charge in [-0.15, -0.1) is 5.10 Å². The lowest BCUT2D eigenvalue weighted by Crippen LogP contribution is -2.45. The minimum absolute atomic E-state index is 0.0965. The van der Waals surface area contributed by atoms with E-state index in [1.165, 1.54) is 48.7 Å². The summed E-state index contributed by atoms with van der Waals surface area (Å²) in [5.41, 5.74) is 0.229. The molecule has 0 unspecified atom stereocenters. The van der Waals surface area contributed by atoms with Gasteiger partial charge in [-0.1, -0.05) is 18.0 Å². The van der Waals surface area contributed by atoms with E-state index in [2.05, 4.69) is 39.0 Å². The number of unbranched alkanes of at least 4 members (excludes halogenated alkanes) is 1. The number of ether oxygens (including phenoxy) is 2. The molecule has 0 bridgehead atoms. The zero-order valence-electron chi connectivity index (χ0n) is 30.4. The number of anilines is 1. The Balaban J connectivity index is 0.851. The van der Waals surface area contributed by atoms with Crippen LogP contribution in [0.25, 0.3) is 5.82 Å². The molecule has 4 fully saturated rings.